The van der Waals surface area contributed by atoms with E-state index in [2.05, 4.69) is 15.0 Å². The third kappa shape index (κ3) is 4.16. The fraction of sp³-hybridized carbons (Fsp3) is 0.292. The number of para-hydroxylation sites is 3. The molecule has 1 aliphatic rings. The van der Waals surface area contributed by atoms with Gasteiger partial charge in [-0.15, -0.1) is 0 Å². The van der Waals surface area contributed by atoms with E-state index in [0.717, 1.165) is 23.9 Å². The summed E-state index contributed by atoms with van der Waals surface area (Å²) in [7, 11) is 0. The van der Waals surface area contributed by atoms with Gasteiger partial charge in [0.1, 0.15) is 6.10 Å². The number of aromatic nitrogens is 4. The molecule has 2 aromatic carbocycles. The molecule has 32 heavy (non-hydrogen) atoms. The molecule has 0 radical (unpaired) electrons. The minimum absolute atomic E-state index is 0.00168. The largest absolute Gasteiger partial charge is 0.473 e. The van der Waals surface area contributed by atoms with E-state index in [0.29, 0.717) is 36.4 Å². The first-order valence-corrected chi connectivity index (χ1v) is 10.8. The fourth-order valence-electron chi connectivity index (χ4n) is 4.03. The predicted octanol–water partition coefficient (Wildman–Crippen LogP) is 2.80. The Morgan fingerprint density at radius 2 is 1.69 bits per heavy atom. The summed E-state index contributed by atoms with van der Waals surface area (Å²) in [5.74, 6) is 0.547. The van der Waals surface area contributed by atoms with Gasteiger partial charge in [0.15, 0.2) is 0 Å². The summed E-state index contributed by atoms with van der Waals surface area (Å²) >= 11 is 0. The van der Waals surface area contributed by atoms with Crippen LogP contribution in [-0.2, 0) is 11.3 Å². The summed E-state index contributed by atoms with van der Waals surface area (Å²) in [5, 5.41) is 0.567. The second-order valence-corrected chi connectivity index (χ2v) is 7.91. The van der Waals surface area contributed by atoms with Crippen LogP contribution in [-0.4, -0.2) is 49.5 Å². The lowest BCUT2D eigenvalue weighted by atomic mass is 10.1. The molecule has 2 aromatic heterocycles. The van der Waals surface area contributed by atoms with E-state index < -0.39 is 0 Å². The van der Waals surface area contributed by atoms with Crippen molar-refractivity contribution in [2.45, 2.75) is 31.9 Å². The van der Waals surface area contributed by atoms with Gasteiger partial charge in [-0.3, -0.25) is 14.2 Å². The van der Waals surface area contributed by atoms with Crippen molar-refractivity contribution in [3.05, 3.63) is 71.4 Å². The zero-order chi connectivity index (χ0) is 21.9. The van der Waals surface area contributed by atoms with Gasteiger partial charge < -0.3 is 9.64 Å². The first-order valence-electron chi connectivity index (χ1n) is 10.8. The molecule has 8 nitrogen and oxygen atoms in total. The second kappa shape index (κ2) is 8.74. The lowest BCUT2D eigenvalue weighted by Gasteiger charge is -2.32. The molecule has 3 heterocycles. The molecule has 0 aliphatic carbocycles. The summed E-state index contributed by atoms with van der Waals surface area (Å²) in [4.78, 5) is 40.3. The highest BCUT2D eigenvalue weighted by atomic mass is 16.5. The molecule has 0 spiro atoms. The summed E-state index contributed by atoms with van der Waals surface area (Å²) in [6.07, 6.45) is 4.90. The molecule has 5 rings (SSSR count). The number of piperidine rings is 1. The lowest BCUT2D eigenvalue weighted by molar-refractivity contribution is -0.133. The summed E-state index contributed by atoms with van der Waals surface area (Å²) < 4.78 is 7.52. The van der Waals surface area contributed by atoms with Crippen LogP contribution >= 0.6 is 0 Å². The van der Waals surface area contributed by atoms with Crippen LogP contribution in [0.25, 0.3) is 21.9 Å². The lowest BCUT2D eigenvalue weighted by Crippen LogP contribution is -2.42. The number of aryl methyl sites for hydroxylation is 1. The number of hydrogen-bond acceptors (Lipinski definition) is 6. The van der Waals surface area contributed by atoms with Crippen LogP contribution in [0.3, 0.4) is 0 Å². The summed E-state index contributed by atoms with van der Waals surface area (Å²) in [6.45, 7) is 1.56. The average Bonchev–Trinajstić information content (AvgIpc) is 2.84. The minimum Gasteiger partial charge on any atom is -0.473 e. The van der Waals surface area contributed by atoms with E-state index in [1.165, 1.54) is 10.9 Å². The molecule has 0 unspecified atom stereocenters. The minimum atomic E-state index is -0.119. The van der Waals surface area contributed by atoms with Gasteiger partial charge >= 0.3 is 0 Å². The quantitative estimate of drug-likeness (QED) is 0.485. The Hall–Kier alpha value is -3.81. The SMILES string of the molecule is O=C(CCn1cnc2ccccc2c1=O)N1CCC(Oc2cnc3ccccc3n2)CC1. The van der Waals surface area contributed by atoms with E-state index in [1.807, 2.05) is 47.4 Å². The highest BCUT2D eigenvalue weighted by Gasteiger charge is 2.24. The maximum atomic E-state index is 12.7. The van der Waals surface area contributed by atoms with Crippen LogP contribution in [0.2, 0.25) is 0 Å². The van der Waals surface area contributed by atoms with E-state index in [-0.39, 0.29) is 24.0 Å². The fourth-order valence-corrected chi connectivity index (χ4v) is 4.03. The Morgan fingerprint density at radius 3 is 2.50 bits per heavy atom. The molecule has 1 aliphatic heterocycles. The molecule has 0 N–H and O–H groups in total. The van der Waals surface area contributed by atoms with Gasteiger partial charge in [0.2, 0.25) is 11.8 Å². The molecular weight excluding hydrogens is 406 g/mol. The standard InChI is InChI=1S/C24H23N5O3/c30-23(11-14-29-16-26-19-6-2-1-5-18(19)24(29)31)28-12-9-17(10-13-28)32-22-15-25-20-7-3-4-8-21(20)27-22/h1-8,15-17H,9-14H2. The zero-order valence-electron chi connectivity index (χ0n) is 17.6. The molecule has 0 saturated carbocycles. The van der Waals surface area contributed by atoms with Crippen LogP contribution in [0.1, 0.15) is 19.3 Å². The number of benzene rings is 2. The van der Waals surface area contributed by atoms with Gasteiger partial charge in [-0.05, 0) is 24.3 Å². The van der Waals surface area contributed by atoms with Gasteiger partial charge in [0, 0.05) is 38.9 Å². The number of hydrogen-bond donors (Lipinski definition) is 0. The third-order valence-corrected chi connectivity index (χ3v) is 5.81. The highest BCUT2D eigenvalue weighted by molar-refractivity contribution is 5.78. The Morgan fingerprint density at radius 1 is 0.969 bits per heavy atom. The van der Waals surface area contributed by atoms with Gasteiger partial charge in [-0.1, -0.05) is 24.3 Å². The molecule has 162 valence electrons. The molecule has 1 saturated heterocycles. The van der Waals surface area contributed by atoms with Crippen molar-refractivity contribution >= 4 is 27.8 Å². The summed E-state index contributed by atoms with van der Waals surface area (Å²) in [5.41, 5.74) is 2.18. The number of nitrogens with zero attached hydrogens (tertiary/aromatic N) is 5. The molecular formula is C24H23N5O3. The Labute approximate surface area is 184 Å². The maximum Gasteiger partial charge on any atom is 0.261 e. The number of carbonyl (C=O) groups excluding carboxylic acids is 1. The Balaban J connectivity index is 1.15. The van der Waals surface area contributed by atoms with Crippen molar-refractivity contribution in [3.63, 3.8) is 0 Å². The van der Waals surface area contributed by atoms with Crippen LogP contribution in [0.5, 0.6) is 5.88 Å². The molecule has 8 heteroatoms. The van der Waals surface area contributed by atoms with Crippen molar-refractivity contribution in [2.75, 3.05) is 13.1 Å². The number of fused-ring (bicyclic) bond motifs is 2. The monoisotopic (exact) mass is 429 g/mol. The van der Waals surface area contributed by atoms with Crippen molar-refractivity contribution < 1.29 is 9.53 Å². The highest BCUT2D eigenvalue weighted by Crippen LogP contribution is 2.19. The Bertz CT molecular complexity index is 1330. The molecule has 1 amide bonds. The van der Waals surface area contributed by atoms with E-state index in [1.54, 1.807) is 12.3 Å². The van der Waals surface area contributed by atoms with Crippen LogP contribution < -0.4 is 10.3 Å². The van der Waals surface area contributed by atoms with Crippen LogP contribution in [0, 0.1) is 0 Å². The molecule has 0 atom stereocenters. The van der Waals surface area contributed by atoms with Gasteiger partial charge in [-0.25, -0.2) is 15.0 Å². The van der Waals surface area contributed by atoms with Crippen molar-refractivity contribution in [3.8, 4) is 5.88 Å². The van der Waals surface area contributed by atoms with Gasteiger partial charge in [-0.2, -0.15) is 0 Å². The van der Waals surface area contributed by atoms with Gasteiger partial charge in [0.05, 0.1) is 34.5 Å². The van der Waals surface area contributed by atoms with Crippen LogP contribution in [0.4, 0.5) is 0 Å². The predicted molar refractivity (Wildman–Crippen MR) is 120 cm³/mol. The Kier molecular flexibility index (Phi) is 5.49. The number of ether oxygens (including phenoxy) is 1. The summed E-state index contributed by atoms with van der Waals surface area (Å²) in [6, 6.07) is 14.9. The van der Waals surface area contributed by atoms with Crippen molar-refractivity contribution in [2.24, 2.45) is 0 Å². The number of rotatable bonds is 5. The topological polar surface area (TPSA) is 90.2 Å². The van der Waals surface area contributed by atoms with Gasteiger partial charge in [0.25, 0.3) is 5.56 Å². The zero-order valence-corrected chi connectivity index (χ0v) is 17.6. The van der Waals surface area contributed by atoms with Crippen molar-refractivity contribution in [1.29, 1.82) is 0 Å². The molecule has 4 aromatic rings. The molecule has 0 bridgehead atoms. The average molecular weight is 429 g/mol. The molecule has 1 fully saturated rings. The van der Waals surface area contributed by atoms with Crippen molar-refractivity contribution in [1.82, 2.24) is 24.4 Å². The van der Waals surface area contributed by atoms with E-state index >= 15 is 0 Å². The maximum absolute atomic E-state index is 12.7. The first-order chi connectivity index (χ1) is 15.7. The van der Waals surface area contributed by atoms with Crippen LogP contribution in [0.15, 0.2) is 65.8 Å². The van der Waals surface area contributed by atoms with E-state index in [9.17, 15) is 9.59 Å². The van der Waals surface area contributed by atoms with E-state index in [4.69, 9.17) is 4.74 Å². The third-order valence-electron chi connectivity index (χ3n) is 5.81. The number of carbonyl (C=O) groups is 1. The smallest absolute Gasteiger partial charge is 0.261 e. The number of amides is 1. The first kappa shape index (κ1) is 20.1. The number of likely N-dealkylation sites (tertiary alicyclic amines) is 1. The second-order valence-electron chi connectivity index (χ2n) is 7.91. The normalized spacial score (nSPS) is 14.7.